The molecule has 0 aliphatic carbocycles. The number of thiophene rings is 1. The van der Waals surface area contributed by atoms with Crippen LogP contribution in [0, 0.1) is 0 Å². The quantitative estimate of drug-likeness (QED) is 0.598. The van der Waals surface area contributed by atoms with E-state index in [4.69, 9.17) is 0 Å². The first kappa shape index (κ1) is 10.2. The molecule has 0 N–H and O–H groups in total. The van der Waals surface area contributed by atoms with Gasteiger partial charge in [0.05, 0.1) is 3.79 Å². The number of hydrogen-bond acceptors (Lipinski definition) is 2. The molecule has 12 heavy (non-hydrogen) atoms. The van der Waals surface area contributed by atoms with Crippen LogP contribution in [0.3, 0.4) is 0 Å². The Morgan fingerprint density at radius 3 is 2.67 bits per heavy atom. The zero-order valence-electron chi connectivity index (χ0n) is 6.30. The highest BCUT2D eigenvalue weighted by Gasteiger charge is 2.01. The van der Waals surface area contributed by atoms with Gasteiger partial charge >= 0.3 is 0 Å². The van der Waals surface area contributed by atoms with Crippen molar-refractivity contribution >= 4 is 55.6 Å². The van der Waals surface area contributed by atoms with Crippen LogP contribution in [-0.2, 0) is 4.79 Å². The maximum atomic E-state index is 10.3. The molecule has 0 unspecified atom stereocenters. The van der Waals surface area contributed by atoms with Gasteiger partial charge in [-0.05, 0) is 56.5 Å². The van der Waals surface area contributed by atoms with Gasteiger partial charge in [-0.3, -0.25) is 4.79 Å². The van der Waals surface area contributed by atoms with E-state index in [2.05, 4.69) is 31.9 Å². The molecule has 0 aliphatic heterocycles. The first-order valence-electron chi connectivity index (χ1n) is 3.22. The van der Waals surface area contributed by atoms with Crippen LogP contribution in [0.2, 0.25) is 0 Å². The normalized spacial score (nSPS) is 11.8. The van der Waals surface area contributed by atoms with E-state index in [1.807, 2.05) is 12.1 Å². The summed E-state index contributed by atoms with van der Waals surface area (Å²) in [5.74, 6) is 0. The Balaban J connectivity index is 2.97. The molecular formula is C8H6Br2OS. The summed E-state index contributed by atoms with van der Waals surface area (Å²) in [5.41, 5.74) is 0.733. The minimum absolute atomic E-state index is 0.733. The molecule has 1 heterocycles. The van der Waals surface area contributed by atoms with Gasteiger partial charge in [0.15, 0.2) is 0 Å². The van der Waals surface area contributed by atoms with Crippen LogP contribution >= 0.6 is 43.2 Å². The van der Waals surface area contributed by atoms with Crippen molar-refractivity contribution < 1.29 is 4.79 Å². The van der Waals surface area contributed by atoms with Crippen LogP contribution in [0.5, 0.6) is 0 Å². The van der Waals surface area contributed by atoms with Crippen LogP contribution in [0.15, 0.2) is 19.9 Å². The van der Waals surface area contributed by atoms with Crippen LogP contribution in [0.25, 0.3) is 6.08 Å². The first-order valence-corrected chi connectivity index (χ1v) is 5.62. The second-order valence-corrected chi connectivity index (χ2v) is 5.53. The Hall–Kier alpha value is 0.0700. The summed E-state index contributed by atoms with van der Waals surface area (Å²) in [6.45, 7) is 1.79. The molecule has 0 aromatic carbocycles. The van der Waals surface area contributed by atoms with Gasteiger partial charge in [-0.2, -0.15) is 0 Å². The predicted octanol–water partition coefficient (Wildman–Crippen LogP) is 3.88. The average Bonchev–Trinajstić information content (AvgIpc) is 2.31. The lowest BCUT2D eigenvalue weighted by molar-refractivity contribution is -0.104. The lowest BCUT2D eigenvalue weighted by Crippen LogP contribution is -1.72. The van der Waals surface area contributed by atoms with Gasteiger partial charge < -0.3 is 0 Å². The number of aldehydes is 1. The summed E-state index contributed by atoms with van der Waals surface area (Å²) in [6.07, 6.45) is 2.70. The highest BCUT2D eigenvalue weighted by molar-refractivity contribution is 9.13. The van der Waals surface area contributed by atoms with E-state index in [0.717, 1.165) is 25.0 Å². The SMILES string of the molecule is CC(C=O)=Cc1cc(Br)c(Br)s1. The van der Waals surface area contributed by atoms with Crippen molar-refractivity contribution in [3.8, 4) is 0 Å². The van der Waals surface area contributed by atoms with Crippen molar-refractivity contribution in [2.45, 2.75) is 6.92 Å². The van der Waals surface area contributed by atoms with Crippen LogP contribution < -0.4 is 0 Å². The lowest BCUT2D eigenvalue weighted by atomic mass is 10.3. The fraction of sp³-hybridized carbons (Fsp3) is 0.125. The molecule has 1 nitrogen and oxygen atoms in total. The van der Waals surface area contributed by atoms with Gasteiger partial charge in [-0.1, -0.05) is 0 Å². The predicted molar refractivity (Wildman–Crippen MR) is 59.4 cm³/mol. The second kappa shape index (κ2) is 4.35. The number of carbonyl (C=O) groups excluding carboxylic acids is 1. The van der Waals surface area contributed by atoms with E-state index >= 15 is 0 Å². The molecule has 1 rings (SSSR count). The molecule has 0 radical (unpaired) electrons. The van der Waals surface area contributed by atoms with Gasteiger partial charge in [0.2, 0.25) is 0 Å². The molecule has 0 aliphatic rings. The molecule has 0 bridgehead atoms. The number of rotatable bonds is 2. The van der Waals surface area contributed by atoms with E-state index in [1.165, 1.54) is 0 Å². The Morgan fingerprint density at radius 2 is 2.25 bits per heavy atom. The third-order valence-electron chi connectivity index (χ3n) is 1.22. The molecule has 1 aromatic rings. The molecule has 0 saturated carbocycles. The molecule has 0 amide bonds. The molecule has 64 valence electrons. The summed E-state index contributed by atoms with van der Waals surface area (Å²) < 4.78 is 2.07. The fourth-order valence-electron chi connectivity index (χ4n) is 0.693. The van der Waals surface area contributed by atoms with E-state index < -0.39 is 0 Å². The monoisotopic (exact) mass is 308 g/mol. The van der Waals surface area contributed by atoms with E-state index in [-0.39, 0.29) is 0 Å². The Bertz CT molecular complexity index is 308. The first-order chi connectivity index (χ1) is 5.63. The highest BCUT2D eigenvalue weighted by atomic mass is 79.9. The van der Waals surface area contributed by atoms with Crippen molar-refractivity contribution in [1.29, 1.82) is 0 Å². The third kappa shape index (κ3) is 2.54. The average molecular weight is 310 g/mol. The van der Waals surface area contributed by atoms with Crippen molar-refractivity contribution in [3.05, 3.63) is 24.8 Å². The highest BCUT2D eigenvalue weighted by Crippen LogP contribution is 2.33. The maximum Gasteiger partial charge on any atom is 0.145 e. The molecule has 4 heteroatoms. The van der Waals surface area contributed by atoms with Crippen LogP contribution in [-0.4, -0.2) is 6.29 Å². The molecule has 0 saturated heterocycles. The van der Waals surface area contributed by atoms with Crippen LogP contribution in [0.4, 0.5) is 0 Å². The summed E-state index contributed by atoms with van der Waals surface area (Å²) in [7, 11) is 0. The third-order valence-corrected chi connectivity index (χ3v) is 4.42. The lowest BCUT2D eigenvalue weighted by Gasteiger charge is -1.84. The topological polar surface area (TPSA) is 17.1 Å². The summed E-state index contributed by atoms with van der Waals surface area (Å²) in [6, 6.07) is 1.97. The second-order valence-electron chi connectivity index (χ2n) is 2.28. The van der Waals surface area contributed by atoms with Crippen molar-refractivity contribution in [3.63, 3.8) is 0 Å². The summed E-state index contributed by atoms with van der Waals surface area (Å²) >= 11 is 8.35. The smallest absolute Gasteiger partial charge is 0.145 e. The van der Waals surface area contributed by atoms with Gasteiger partial charge in [-0.25, -0.2) is 0 Å². The van der Waals surface area contributed by atoms with Crippen molar-refractivity contribution in [1.82, 2.24) is 0 Å². The number of hydrogen-bond donors (Lipinski definition) is 0. The van der Waals surface area contributed by atoms with Gasteiger partial charge in [-0.15, -0.1) is 11.3 Å². The molecule has 0 spiro atoms. The zero-order valence-corrected chi connectivity index (χ0v) is 10.3. The van der Waals surface area contributed by atoms with E-state index in [9.17, 15) is 4.79 Å². The van der Waals surface area contributed by atoms with E-state index in [1.54, 1.807) is 18.3 Å². The van der Waals surface area contributed by atoms with Gasteiger partial charge in [0, 0.05) is 9.35 Å². The largest absolute Gasteiger partial charge is 0.298 e. The van der Waals surface area contributed by atoms with Gasteiger partial charge in [0.1, 0.15) is 6.29 Å². The Labute approximate surface area is 91.7 Å². The molecular weight excluding hydrogens is 304 g/mol. The Morgan fingerprint density at radius 1 is 1.58 bits per heavy atom. The minimum Gasteiger partial charge on any atom is -0.298 e. The minimum atomic E-state index is 0.733. The van der Waals surface area contributed by atoms with E-state index in [0.29, 0.717) is 0 Å². The summed E-state index contributed by atoms with van der Waals surface area (Å²) in [5, 5.41) is 0. The summed E-state index contributed by atoms with van der Waals surface area (Å²) in [4.78, 5) is 11.4. The van der Waals surface area contributed by atoms with Crippen LogP contribution in [0.1, 0.15) is 11.8 Å². The maximum absolute atomic E-state index is 10.3. The molecule has 1 aromatic heterocycles. The van der Waals surface area contributed by atoms with Gasteiger partial charge in [0.25, 0.3) is 0 Å². The number of allylic oxidation sites excluding steroid dienone is 1. The molecule has 0 atom stereocenters. The Kier molecular flexibility index (Phi) is 3.68. The standard InChI is InChI=1S/C8H6Br2OS/c1-5(4-11)2-6-3-7(9)8(10)12-6/h2-4H,1H3. The molecule has 0 fully saturated rings. The number of carbonyl (C=O) groups is 1. The zero-order chi connectivity index (χ0) is 9.14. The fourth-order valence-corrected chi connectivity index (χ4v) is 2.79. The van der Waals surface area contributed by atoms with Crippen molar-refractivity contribution in [2.75, 3.05) is 0 Å². The number of halogens is 2. The van der Waals surface area contributed by atoms with Crippen molar-refractivity contribution in [2.24, 2.45) is 0 Å².